The molecule has 0 aliphatic heterocycles. The summed E-state index contributed by atoms with van der Waals surface area (Å²) < 4.78 is 0. The molecular weight excluding hydrogens is 364 g/mol. The second-order valence-corrected chi connectivity index (χ2v) is 8.09. The summed E-state index contributed by atoms with van der Waals surface area (Å²) in [6.07, 6.45) is 4.79. The number of carboxylic acid groups (broad SMARTS) is 1. The summed E-state index contributed by atoms with van der Waals surface area (Å²) in [6.45, 7) is 7.08. The summed E-state index contributed by atoms with van der Waals surface area (Å²) >= 11 is 6.24. The number of carboxylic acids is 1. The highest BCUT2D eigenvalue weighted by molar-refractivity contribution is 6.31. The van der Waals surface area contributed by atoms with Crippen LogP contribution in [0.3, 0.4) is 0 Å². The van der Waals surface area contributed by atoms with Gasteiger partial charge >= 0.3 is 5.97 Å². The van der Waals surface area contributed by atoms with Crippen molar-refractivity contribution in [2.75, 3.05) is 0 Å². The average Bonchev–Trinajstić information content (AvgIpc) is 2.56. The molecule has 0 aromatic heterocycles. The van der Waals surface area contributed by atoms with Crippen molar-refractivity contribution in [3.8, 4) is 0 Å². The summed E-state index contributed by atoms with van der Waals surface area (Å²) in [5, 5.41) is 20.9. The standard InChI is InChI=1S/C22H25ClO4/c1-14(11-20(25)26)9-10-22(27)15(2)17(19(24)13-21(22,3)4)12-16-7-5-6-8-18(16)23/h5-11,27H,12-13H2,1-4H3,(H,25,26)/t22-/m1/s1. The van der Waals surface area contributed by atoms with Crippen molar-refractivity contribution in [1.82, 2.24) is 0 Å². The van der Waals surface area contributed by atoms with E-state index in [4.69, 9.17) is 16.7 Å². The van der Waals surface area contributed by atoms with Gasteiger partial charge in [0.1, 0.15) is 5.60 Å². The fraction of sp³-hybridized carbons (Fsp3) is 0.364. The molecule has 1 atom stereocenters. The zero-order valence-corrected chi connectivity index (χ0v) is 16.8. The van der Waals surface area contributed by atoms with Crippen molar-refractivity contribution >= 4 is 23.4 Å². The van der Waals surface area contributed by atoms with Crippen LogP contribution in [0.25, 0.3) is 0 Å². The Hall–Kier alpha value is -2.17. The van der Waals surface area contributed by atoms with Crippen LogP contribution in [0.5, 0.6) is 0 Å². The maximum absolute atomic E-state index is 12.8. The zero-order valence-electron chi connectivity index (χ0n) is 16.0. The van der Waals surface area contributed by atoms with Gasteiger partial charge in [-0.25, -0.2) is 4.79 Å². The molecule has 0 heterocycles. The number of carbonyl (C=O) groups excluding carboxylic acids is 1. The monoisotopic (exact) mass is 388 g/mol. The van der Waals surface area contributed by atoms with Gasteiger partial charge in [-0.15, -0.1) is 0 Å². The number of rotatable bonds is 5. The smallest absolute Gasteiger partial charge is 0.328 e. The molecule has 0 spiro atoms. The number of benzene rings is 1. The third kappa shape index (κ3) is 4.40. The van der Waals surface area contributed by atoms with Crippen LogP contribution in [0.4, 0.5) is 0 Å². The molecule has 0 amide bonds. The van der Waals surface area contributed by atoms with Gasteiger partial charge in [-0.1, -0.05) is 49.7 Å². The van der Waals surface area contributed by atoms with Gasteiger partial charge in [-0.2, -0.15) is 0 Å². The molecule has 0 saturated carbocycles. The minimum atomic E-state index is -1.37. The lowest BCUT2D eigenvalue weighted by Gasteiger charge is -2.46. The predicted octanol–water partition coefficient (Wildman–Crippen LogP) is 4.52. The first kappa shape index (κ1) is 21.1. The average molecular weight is 389 g/mol. The Morgan fingerprint density at radius 3 is 2.52 bits per heavy atom. The molecule has 1 aliphatic carbocycles. The number of aliphatic carboxylic acids is 1. The molecule has 0 unspecified atom stereocenters. The molecule has 1 aromatic rings. The van der Waals surface area contributed by atoms with E-state index in [1.54, 1.807) is 32.1 Å². The molecule has 1 aromatic carbocycles. The summed E-state index contributed by atoms with van der Waals surface area (Å²) in [7, 11) is 0. The highest BCUT2D eigenvalue weighted by atomic mass is 35.5. The van der Waals surface area contributed by atoms with Crippen LogP contribution < -0.4 is 0 Å². The molecule has 0 bridgehead atoms. The number of allylic oxidation sites excluding steroid dienone is 3. The molecule has 1 aliphatic rings. The largest absolute Gasteiger partial charge is 0.478 e. The van der Waals surface area contributed by atoms with Gasteiger partial charge in [0.05, 0.1) is 0 Å². The van der Waals surface area contributed by atoms with E-state index in [9.17, 15) is 14.7 Å². The second kappa shape index (κ2) is 7.83. The van der Waals surface area contributed by atoms with Gasteiger partial charge in [-0.05, 0) is 42.7 Å². The van der Waals surface area contributed by atoms with E-state index in [-0.39, 0.29) is 12.2 Å². The number of carbonyl (C=O) groups is 2. The van der Waals surface area contributed by atoms with Crippen LogP contribution in [-0.2, 0) is 16.0 Å². The van der Waals surface area contributed by atoms with E-state index < -0.39 is 17.0 Å². The molecule has 0 saturated heterocycles. The highest BCUT2D eigenvalue weighted by Gasteiger charge is 2.49. The van der Waals surface area contributed by atoms with Gasteiger partial charge in [0.15, 0.2) is 5.78 Å². The molecule has 144 valence electrons. The van der Waals surface area contributed by atoms with Crippen molar-refractivity contribution in [2.24, 2.45) is 5.41 Å². The van der Waals surface area contributed by atoms with Crippen molar-refractivity contribution in [3.63, 3.8) is 0 Å². The quantitative estimate of drug-likeness (QED) is 0.574. The lowest BCUT2D eigenvalue weighted by Crippen LogP contribution is -2.49. The Morgan fingerprint density at radius 2 is 1.93 bits per heavy atom. The number of aliphatic hydroxyl groups is 1. The fourth-order valence-corrected chi connectivity index (χ4v) is 3.70. The lowest BCUT2D eigenvalue weighted by atomic mass is 9.62. The second-order valence-electron chi connectivity index (χ2n) is 7.68. The normalized spacial score (nSPS) is 23.2. The molecule has 4 nitrogen and oxygen atoms in total. The van der Waals surface area contributed by atoms with E-state index in [0.717, 1.165) is 11.6 Å². The number of Topliss-reactive ketones (excluding diaryl/α,β-unsaturated/α-hetero) is 1. The maximum Gasteiger partial charge on any atom is 0.328 e. The van der Waals surface area contributed by atoms with Gasteiger partial charge in [0, 0.05) is 34.9 Å². The molecule has 2 rings (SSSR count). The third-order valence-corrected chi connectivity index (χ3v) is 5.63. The first-order valence-corrected chi connectivity index (χ1v) is 9.15. The summed E-state index contributed by atoms with van der Waals surface area (Å²) in [4.78, 5) is 23.6. The lowest BCUT2D eigenvalue weighted by molar-refractivity contribution is -0.131. The van der Waals surface area contributed by atoms with E-state index in [1.165, 1.54) is 0 Å². The first-order chi connectivity index (χ1) is 12.5. The summed E-state index contributed by atoms with van der Waals surface area (Å²) in [6, 6.07) is 7.33. The summed E-state index contributed by atoms with van der Waals surface area (Å²) in [5.74, 6) is -1.05. The Morgan fingerprint density at radius 1 is 1.30 bits per heavy atom. The Bertz CT molecular complexity index is 861. The summed E-state index contributed by atoms with van der Waals surface area (Å²) in [5.41, 5.74) is 0.361. The van der Waals surface area contributed by atoms with E-state index in [2.05, 4.69) is 0 Å². The molecular formula is C22H25ClO4. The number of ketones is 1. The van der Waals surface area contributed by atoms with Crippen LogP contribution in [0.2, 0.25) is 5.02 Å². The predicted molar refractivity (Wildman–Crippen MR) is 107 cm³/mol. The fourth-order valence-electron chi connectivity index (χ4n) is 3.50. The topological polar surface area (TPSA) is 74.6 Å². The van der Waals surface area contributed by atoms with Crippen molar-refractivity contribution < 1.29 is 19.8 Å². The van der Waals surface area contributed by atoms with Crippen molar-refractivity contribution in [1.29, 1.82) is 0 Å². The molecule has 0 radical (unpaired) electrons. The van der Waals surface area contributed by atoms with Crippen molar-refractivity contribution in [3.05, 3.63) is 69.8 Å². The van der Waals surface area contributed by atoms with Crippen LogP contribution in [0.15, 0.2) is 59.2 Å². The van der Waals surface area contributed by atoms with Gasteiger partial charge in [0.25, 0.3) is 0 Å². The Balaban J connectivity index is 2.52. The Kier molecular flexibility index (Phi) is 6.13. The number of halogens is 1. The number of hydrogen-bond acceptors (Lipinski definition) is 3. The van der Waals surface area contributed by atoms with Crippen molar-refractivity contribution in [2.45, 2.75) is 46.1 Å². The molecule has 2 N–H and O–H groups in total. The minimum absolute atomic E-state index is 0.00621. The third-order valence-electron chi connectivity index (χ3n) is 5.26. The van der Waals surface area contributed by atoms with E-state index >= 15 is 0 Å². The van der Waals surface area contributed by atoms with E-state index in [0.29, 0.717) is 28.2 Å². The van der Waals surface area contributed by atoms with Crippen LogP contribution in [-0.4, -0.2) is 27.6 Å². The molecule has 5 heteroatoms. The van der Waals surface area contributed by atoms with Crippen LogP contribution in [0, 0.1) is 5.41 Å². The minimum Gasteiger partial charge on any atom is -0.478 e. The van der Waals surface area contributed by atoms with Gasteiger partial charge in [-0.3, -0.25) is 4.79 Å². The zero-order chi connectivity index (χ0) is 20.4. The van der Waals surface area contributed by atoms with Crippen LogP contribution in [0.1, 0.15) is 39.7 Å². The SMILES string of the molecule is CC(C=C[C@@]1(O)C(C)=C(Cc2ccccc2Cl)C(=O)CC1(C)C)=CC(=O)O. The highest BCUT2D eigenvalue weighted by Crippen LogP contribution is 2.47. The van der Waals surface area contributed by atoms with Gasteiger partial charge in [0.2, 0.25) is 0 Å². The molecule has 0 fully saturated rings. The number of hydrogen-bond donors (Lipinski definition) is 2. The maximum atomic E-state index is 12.8. The van der Waals surface area contributed by atoms with Gasteiger partial charge < -0.3 is 10.2 Å². The Labute approximate surface area is 164 Å². The van der Waals surface area contributed by atoms with Crippen LogP contribution >= 0.6 is 11.6 Å². The van der Waals surface area contributed by atoms with E-state index in [1.807, 2.05) is 32.0 Å². The molecule has 27 heavy (non-hydrogen) atoms. The first-order valence-electron chi connectivity index (χ1n) is 8.77.